The molecule has 0 bridgehead atoms. The fourth-order valence-corrected chi connectivity index (χ4v) is 3.74. The largest absolute Gasteiger partial charge is 0.340 e. The molecule has 26 heavy (non-hydrogen) atoms. The fourth-order valence-electron chi connectivity index (χ4n) is 3.74. The van der Waals surface area contributed by atoms with Gasteiger partial charge in [0.1, 0.15) is 0 Å². The van der Waals surface area contributed by atoms with Gasteiger partial charge in [0.25, 0.3) is 0 Å². The maximum Gasteiger partial charge on any atom is 0.242 e. The van der Waals surface area contributed by atoms with Crippen molar-refractivity contribution in [2.24, 2.45) is 0 Å². The Morgan fingerprint density at radius 2 is 2.04 bits per heavy atom. The average molecular weight is 356 g/mol. The Morgan fingerprint density at radius 1 is 1.12 bits per heavy atom. The molecule has 0 aromatic carbocycles. The first kappa shape index (κ1) is 17.0. The summed E-state index contributed by atoms with van der Waals surface area (Å²) in [5.74, 6) is 0.176. The fraction of sp³-hybridized carbons (Fsp3) is 0.556. The lowest BCUT2D eigenvalue weighted by Gasteiger charge is -2.24. The minimum Gasteiger partial charge on any atom is -0.340 e. The molecule has 2 aliphatic rings. The highest BCUT2D eigenvalue weighted by atomic mass is 16.2. The summed E-state index contributed by atoms with van der Waals surface area (Å²) < 4.78 is 1.79. The summed E-state index contributed by atoms with van der Waals surface area (Å²) in [6.45, 7) is 4.95. The third kappa shape index (κ3) is 3.55. The van der Waals surface area contributed by atoms with Gasteiger partial charge in [0.15, 0.2) is 5.65 Å². The van der Waals surface area contributed by atoms with E-state index in [0.717, 1.165) is 50.2 Å². The van der Waals surface area contributed by atoms with Crippen molar-refractivity contribution in [3.63, 3.8) is 0 Å². The number of hydrogen-bond acceptors (Lipinski definition) is 5. The summed E-state index contributed by atoms with van der Waals surface area (Å²) in [5.41, 5.74) is 1.99. The van der Waals surface area contributed by atoms with E-state index in [9.17, 15) is 9.59 Å². The van der Waals surface area contributed by atoms with Crippen LogP contribution in [0.25, 0.3) is 5.65 Å². The second-order valence-electron chi connectivity index (χ2n) is 6.99. The highest BCUT2D eigenvalue weighted by molar-refractivity contribution is 5.85. The Kier molecular flexibility index (Phi) is 4.83. The first-order valence-electron chi connectivity index (χ1n) is 9.26. The molecule has 0 unspecified atom stereocenters. The molecule has 0 N–H and O–H groups in total. The standard InChI is InChI=1S/C18H24N6O2/c25-16-4-1-7-23(16)14-17(26)22-8-3-6-21(10-11-22)13-15-12-20-24-9-2-5-19-18(15)24/h2,5,9,12H,1,3-4,6-8,10-11,13-14H2. The van der Waals surface area contributed by atoms with Crippen LogP contribution in [-0.2, 0) is 16.1 Å². The minimum atomic E-state index is 0.0692. The zero-order valence-electron chi connectivity index (χ0n) is 14.9. The second-order valence-corrected chi connectivity index (χ2v) is 6.99. The predicted molar refractivity (Wildman–Crippen MR) is 95.3 cm³/mol. The van der Waals surface area contributed by atoms with Crippen LogP contribution < -0.4 is 0 Å². The maximum absolute atomic E-state index is 12.5. The molecule has 0 atom stereocenters. The molecule has 8 nitrogen and oxygen atoms in total. The van der Waals surface area contributed by atoms with Crippen molar-refractivity contribution in [2.75, 3.05) is 39.3 Å². The molecule has 138 valence electrons. The number of amides is 2. The number of aromatic nitrogens is 3. The van der Waals surface area contributed by atoms with Gasteiger partial charge in [0, 0.05) is 63.6 Å². The third-order valence-corrected chi connectivity index (χ3v) is 5.19. The highest BCUT2D eigenvalue weighted by Crippen LogP contribution is 2.14. The van der Waals surface area contributed by atoms with Crippen molar-refractivity contribution in [1.29, 1.82) is 0 Å². The zero-order chi connectivity index (χ0) is 17.9. The highest BCUT2D eigenvalue weighted by Gasteiger charge is 2.26. The summed E-state index contributed by atoms with van der Waals surface area (Å²) in [6, 6.07) is 1.87. The van der Waals surface area contributed by atoms with E-state index < -0.39 is 0 Å². The van der Waals surface area contributed by atoms with Crippen LogP contribution in [0, 0.1) is 0 Å². The van der Waals surface area contributed by atoms with Crippen molar-refractivity contribution in [1.82, 2.24) is 29.3 Å². The molecule has 8 heteroatoms. The number of carbonyl (C=O) groups excluding carboxylic acids is 2. The summed E-state index contributed by atoms with van der Waals surface area (Å²) in [5, 5.41) is 4.34. The van der Waals surface area contributed by atoms with Crippen LogP contribution >= 0.6 is 0 Å². The Hall–Kier alpha value is -2.48. The van der Waals surface area contributed by atoms with Crippen LogP contribution in [0.15, 0.2) is 24.7 Å². The van der Waals surface area contributed by atoms with Crippen molar-refractivity contribution in [2.45, 2.75) is 25.8 Å². The van der Waals surface area contributed by atoms with Gasteiger partial charge < -0.3 is 9.80 Å². The van der Waals surface area contributed by atoms with E-state index >= 15 is 0 Å². The maximum atomic E-state index is 12.5. The minimum absolute atomic E-state index is 0.0692. The van der Waals surface area contributed by atoms with Gasteiger partial charge in [-0.1, -0.05) is 0 Å². The molecule has 2 fully saturated rings. The van der Waals surface area contributed by atoms with E-state index in [1.54, 1.807) is 15.6 Å². The Morgan fingerprint density at radius 3 is 2.88 bits per heavy atom. The molecule has 0 spiro atoms. The van der Waals surface area contributed by atoms with E-state index in [1.807, 2.05) is 23.4 Å². The van der Waals surface area contributed by atoms with Gasteiger partial charge in [-0.05, 0) is 18.9 Å². The third-order valence-electron chi connectivity index (χ3n) is 5.19. The first-order chi connectivity index (χ1) is 12.7. The Labute approximate surface area is 152 Å². The number of rotatable bonds is 4. The van der Waals surface area contributed by atoms with E-state index in [2.05, 4.69) is 15.0 Å². The quantitative estimate of drug-likeness (QED) is 0.792. The molecule has 2 aromatic rings. The molecule has 2 saturated heterocycles. The first-order valence-corrected chi connectivity index (χ1v) is 9.26. The lowest BCUT2D eigenvalue weighted by Crippen LogP contribution is -2.42. The number of fused-ring (bicyclic) bond motifs is 1. The van der Waals surface area contributed by atoms with E-state index in [0.29, 0.717) is 19.5 Å². The normalized spacial score (nSPS) is 19.3. The number of carbonyl (C=O) groups is 2. The van der Waals surface area contributed by atoms with Gasteiger partial charge in [-0.25, -0.2) is 9.50 Å². The molecule has 4 rings (SSSR count). The van der Waals surface area contributed by atoms with Gasteiger partial charge in [0.2, 0.25) is 11.8 Å². The van der Waals surface area contributed by atoms with Crippen molar-refractivity contribution >= 4 is 17.5 Å². The van der Waals surface area contributed by atoms with E-state index in [-0.39, 0.29) is 18.4 Å². The topological polar surface area (TPSA) is 74.1 Å². The number of hydrogen-bond donors (Lipinski definition) is 0. The molecule has 0 aliphatic carbocycles. The molecular formula is C18H24N6O2. The number of nitrogens with zero attached hydrogens (tertiary/aromatic N) is 6. The van der Waals surface area contributed by atoms with Crippen molar-refractivity contribution in [3.8, 4) is 0 Å². The van der Waals surface area contributed by atoms with Crippen LogP contribution in [0.1, 0.15) is 24.8 Å². The molecule has 4 heterocycles. The van der Waals surface area contributed by atoms with Crippen LogP contribution in [0.4, 0.5) is 0 Å². The smallest absolute Gasteiger partial charge is 0.242 e. The van der Waals surface area contributed by atoms with Crippen LogP contribution in [0.2, 0.25) is 0 Å². The average Bonchev–Trinajstić information content (AvgIpc) is 3.15. The lowest BCUT2D eigenvalue weighted by molar-refractivity contribution is -0.138. The Bertz CT molecular complexity index is 804. The molecule has 0 radical (unpaired) electrons. The molecule has 2 aromatic heterocycles. The van der Waals surface area contributed by atoms with Crippen LogP contribution in [0.3, 0.4) is 0 Å². The van der Waals surface area contributed by atoms with Crippen LogP contribution in [-0.4, -0.2) is 80.4 Å². The number of likely N-dealkylation sites (tertiary alicyclic amines) is 1. The van der Waals surface area contributed by atoms with Gasteiger partial charge in [-0.3, -0.25) is 14.5 Å². The molecule has 0 saturated carbocycles. The SMILES string of the molecule is O=C(CN1CCCC1=O)N1CCCN(Cc2cnn3cccnc23)CC1. The summed E-state index contributed by atoms with van der Waals surface area (Å²) >= 11 is 0. The van der Waals surface area contributed by atoms with Gasteiger partial charge in [-0.15, -0.1) is 0 Å². The second kappa shape index (κ2) is 7.41. The summed E-state index contributed by atoms with van der Waals surface area (Å²) in [4.78, 5) is 34.6. The van der Waals surface area contributed by atoms with E-state index in [1.165, 1.54) is 0 Å². The lowest BCUT2D eigenvalue weighted by atomic mass is 10.3. The van der Waals surface area contributed by atoms with Gasteiger partial charge in [0.05, 0.1) is 12.7 Å². The Balaban J connectivity index is 1.34. The van der Waals surface area contributed by atoms with Crippen molar-refractivity contribution < 1.29 is 9.59 Å². The predicted octanol–water partition coefficient (Wildman–Crippen LogP) is 0.386. The van der Waals surface area contributed by atoms with Crippen molar-refractivity contribution in [3.05, 3.63) is 30.2 Å². The summed E-state index contributed by atoms with van der Waals surface area (Å²) in [7, 11) is 0. The summed E-state index contributed by atoms with van der Waals surface area (Å²) in [6.07, 6.45) is 7.93. The van der Waals surface area contributed by atoms with Crippen LogP contribution in [0.5, 0.6) is 0 Å². The molecule has 2 aliphatic heterocycles. The molecular weight excluding hydrogens is 332 g/mol. The van der Waals surface area contributed by atoms with E-state index in [4.69, 9.17) is 0 Å². The van der Waals surface area contributed by atoms with Gasteiger partial charge in [-0.2, -0.15) is 5.10 Å². The van der Waals surface area contributed by atoms with Gasteiger partial charge >= 0.3 is 0 Å². The zero-order valence-corrected chi connectivity index (χ0v) is 14.9. The monoisotopic (exact) mass is 356 g/mol. The molecule has 2 amide bonds.